The van der Waals surface area contributed by atoms with Crippen LogP contribution in [0.5, 0.6) is 0 Å². The largest absolute Gasteiger partial charge is 0.379 e. The molecular weight excluding hydrogens is 478 g/mol. The smallest absolute Gasteiger partial charge is 0.260 e. The number of thioether (sulfide) groups is 1. The fourth-order valence-corrected chi connectivity index (χ4v) is 7.00. The third-order valence-electron chi connectivity index (χ3n) is 5.39. The summed E-state index contributed by atoms with van der Waals surface area (Å²) in [6.45, 7) is 1.53. The van der Waals surface area contributed by atoms with E-state index in [9.17, 15) is 13.2 Å². The molecule has 170 valence electrons. The summed E-state index contributed by atoms with van der Waals surface area (Å²) in [7, 11) is -3.55. The van der Waals surface area contributed by atoms with Gasteiger partial charge in [0.05, 0.1) is 23.5 Å². The molecule has 1 aliphatic heterocycles. The van der Waals surface area contributed by atoms with Crippen LogP contribution in [0.25, 0.3) is 21.3 Å². The van der Waals surface area contributed by atoms with Gasteiger partial charge in [-0.1, -0.05) is 54.2 Å². The number of hydrogen-bond donors (Lipinski definition) is 1. The number of benzene rings is 2. The van der Waals surface area contributed by atoms with Gasteiger partial charge in [-0.05, 0) is 23.3 Å². The molecule has 7 nitrogen and oxygen atoms in total. The normalized spacial score (nSPS) is 15.2. The summed E-state index contributed by atoms with van der Waals surface area (Å²) in [6.07, 6.45) is 0. The second-order valence-electron chi connectivity index (χ2n) is 7.52. The lowest BCUT2D eigenvalue weighted by Crippen LogP contribution is -2.40. The highest BCUT2D eigenvalue weighted by atomic mass is 32.2. The molecule has 0 radical (unpaired) electrons. The number of aromatic amines is 1. The van der Waals surface area contributed by atoms with Crippen molar-refractivity contribution in [1.82, 2.24) is 14.3 Å². The number of ether oxygens (including phenoxy) is 1. The lowest BCUT2D eigenvalue weighted by atomic mass is 10.1. The molecule has 2 aromatic carbocycles. The zero-order valence-corrected chi connectivity index (χ0v) is 20.0. The maximum absolute atomic E-state index is 12.9. The van der Waals surface area contributed by atoms with Crippen molar-refractivity contribution in [3.05, 3.63) is 75.9 Å². The van der Waals surface area contributed by atoms with Crippen LogP contribution in [0.4, 0.5) is 0 Å². The Morgan fingerprint density at radius 2 is 1.88 bits per heavy atom. The molecule has 5 rings (SSSR count). The van der Waals surface area contributed by atoms with Crippen molar-refractivity contribution in [2.45, 2.75) is 15.8 Å². The first kappa shape index (κ1) is 22.3. The summed E-state index contributed by atoms with van der Waals surface area (Å²) in [5, 5.41) is 3.06. The minimum atomic E-state index is -3.55. The lowest BCUT2D eigenvalue weighted by Gasteiger charge is -2.26. The van der Waals surface area contributed by atoms with Gasteiger partial charge in [0.25, 0.3) is 5.56 Å². The maximum Gasteiger partial charge on any atom is 0.260 e. The molecule has 1 aliphatic rings. The van der Waals surface area contributed by atoms with Crippen LogP contribution in [0, 0.1) is 0 Å². The van der Waals surface area contributed by atoms with Crippen molar-refractivity contribution >= 4 is 43.3 Å². The zero-order valence-electron chi connectivity index (χ0n) is 17.6. The fourth-order valence-electron chi connectivity index (χ4n) is 3.71. The van der Waals surface area contributed by atoms with E-state index in [1.54, 1.807) is 18.2 Å². The Bertz CT molecular complexity index is 1440. The summed E-state index contributed by atoms with van der Waals surface area (Å²) in [5.41, 5.74) is 2.52. The Hall–Kier alpha value is -2.50. The van der Waals surface area contributed by atoms with Gasteiger partial charge in [-0.25, -0.2) is 13.4 Å². The van der Waals surface area contributed by atoms with Crippen LogP contribution < -0.4 is 5.56 Å². The van der Waals surface area contributed by atoms with E-state index in [2.05, 4.69) is 9.97 Å². The van der Waals surface area contributed by atoms with Gasteiger partial charge >= 0.3 is 0 Å². The van der Waals surface area contributed by atoms with Gasteiger partial charge < -0.3 is 9.72 Å². The second kappa shape index (κ2) is 9.40. The van der Waals surface area contributed by atoms with Gasteiger partial charge in [0.15, 0.2) is 5.16 Å². The molecular formula is C23H21N3O4S3. The molecule has 1 saturated heterocycles. The third kappa shape index (κ3) is 4.62. The number of morpholine rings is 1. The van der Waals surface area contributed by atoms with E-state index >= 15 is 0 Å². The van der Waals surface area contributed by atoms with Crippen molar-refractivity contribution in [3.8, 4) is 11.1 Å². The topological polar surface area (TPSA) is 92.4 Å². The highest BCUT2D eigenvalue weighted by molar-refractivity contribution is 7.98. The van der Waals surface area contributed by atoms with Gasteiger partial charge in [0.1, 0.15) is 4.83 Å². The first-order valence-electron chi connectivity index (χ1n) is 10.4. The number of nitrogens with one attached hydrogen (secondary N) is 1. The Kier molecular flexibility index (Phi) is 6.35. The third-order valence-corrected chi connectivity index (χ3v) is 9.10. The van der Waals surface area contributed by atoms with Gasteiger partial charge in [-0.2, -0.15) is 4.31 Å². The number of hydrogen-bond acceptors (Lipinski definition) is 7. The average molecular weight is 500 g/mol. The van der Waals surface area contributed by atoms with E-state index in [1.807, 2.05) is 41.8 Å². The standard InChI is InChI=1S/C23H21N3O4S3/c27-21-20-19(17-6-2-1-3-7-17)15-31-22(20)25-23(24-21)32-14-16-5-4-8-18(13-16)33(28,29)26-9-11-30-12-10-26/h1-8,13,15H,9-12,14H2,(H,24,25,27). The summed E-state index contributed by atoms with van der Waals surface area (Å²) in [6, 6.07) is 16.7. The van der Waals surface area contributed by atoms with Crippen molar-refractivity contribution in [2.24, 2.45) is 0 Å². The Morgan fingerprint density at radius 1 is 1.09 bits per heavy atom. The number of nitrogens with zero attached hydrogens (tertiary/aromatic N) is 2. The molecule has 0 unspecified atom stereocenters. The Labute approximate surface area is 199 Å². The van der Waals surface area contributed by atoms with E-state index in [4.69, 9.17) is 4.74 Å². The molecule has 1 N–H and O–H groups in total. The predicted molar refractivity (Wildman–Crippen MR) is 131 cm³/mol. The summed E-state index contributed by atoms with van der Waals surface area (Å²) < 4.78 is 32.6. The minimum Gasteiger partial charge on any atom is -0.379 e. The minimum absolute atomic E-state index is 0.175. The summed E-state index contributed by atoms with van der Waals surface area (Å²) in [4.78, 5) is 21.3. The van der Waals surface area contributed by atoms with Gasteiger partial charge in [-0.3, -0.25) is 4.79 Å². The predicted octanol–water partition coefficient (Wildman–Crippen LogP) is 3.96. The van der Waals surface area contributed by atoms with E-state index < -0.39 is 10.0 Å². The van der Waals surface area contributed by atoms with Crippen molar-refractivity contribution in [1.29, 1.82) is 0 Å². The summed E-state index contributed by atoms with van der Waals surface area (Å²) >= 11 is 2.81. The molecule has 2 aromatic heterocycles. The molecule has 0 saturated carbocycles. The van der Waals surface area contributed by atoms with Crippen LogP contribution >= 0.6 is 23.1 Å². The number of thiophene rings is 1. The quantitative estimate of drug-likeness (QED) is 0.319. The zero-order chi connectivity index (χ0) is 22.8. The number of aromatic nitrogens is 2. The summed E-state index contributed by atoms with van der Waals surface area (Å²) in [5.74, 6) is 0.484. The maximum atomic E-state index is 12.9. The molecule has 10 heteroatoms. The van der Waals surface area contributed by atoms with Crippen molar-refractivity contribution in [2.75, 3.05) is 26.3 Å². The van der Waals surface area contributed by atoms with Crippen LogP contribution in [0.15, 0.2) is 74.8 Å². The molecule has 0 bridgehead atoms. The number of H-pyrrole nitrogens is 1. The van der Waals surface area contributed by atoms with Gasteiger partial charge in [0, 0.05) is 29.8 Å². The Morgan fingerprint density at radius 3 is 2.67 bits per heavy atom. The molecule has 0 atom stereocenters. The number of fused-ring (bicyclic) bond motifs is 1. The molecule has 0 spiro atoms. The lowest BCUT2D eigenvalue weighted by molar-refractivity contribution is 0.0730. The van der Waals surface area contributed by atoms with Crippen LogP contribution in [0.3, 0.4) is 0 Å². The van der Waals surface area contributed by atoms with E-state index in [0.29, 0.717) is 47.4 Å². The van der Waals surface area contributed by atoms with Gasteiger partial charge in [-0.15, -0.1) is 11.3 Å². The molecule has 0 aliphatic carbocycles. The first-order valence-corrected chi connectivity index (χ1v) is 13.7. The van der Waals surface area contributed by atoms with Crippen LogP contribution in [0.2, 0.25) is 0 Å². The van der Waals surface area contributed by atoms with E-state index in [1.165, 1.54) is 27.4 Å². The van der Waals surface area contributed by atoms with Gasteiger partial charge in [0.2, 0.25) is 10.0 Å². The van der Waals surface area contributed by atoms with Crippen LogP contribution in [-0.2, 0) is 20.5 Å². The van der Waals surface area contributed by atoms with Crippen LogP contribution in [0.1, 0.15) is 5.56 Å². The van der Waals surface area contributed by atoms with Crippen molar-refractivity contribution in [3.63, 3.8) is 0 Å². The SMILES string of the molecule is O=c1[nH]c(SCc2cccc(S(=O)(=O)N3CCOCC3)c2)nc2scc(-c3ccccc3)c12. The second-order valence-corrected chi connectivity index (χ2v) is 11.3. The fraction of sp³-hybridized carbons (Fsp3) is 0.217. The monoisotopic (exact) mass is 499 g/mol. The van der Waals surface area contributed by atoms with E-state index in [-0.39, 0.29) is 10.5 Å². The number of sulfonamides is 1. The molecule has 33 heavy (non-hydrogen) atoms. The van der Waals surface area contributed by atoms with Crippen molar-refractivity contribution < 1.29 is 13.2 Å². The average Bonchev–Trinajstić information content (AvgIpc) is 3.29. The van der Waals surface area contributed by atoms with Crippen LogP contribution in [-0.4, -0.2) is 49.0 Å². The Balaban J connectivity index is 1.36. The highest BCUT2D eigenvalue weighted by Crippen LogP contribution is 2.32. The molecule has 4 aromatic rings. The number of rotatable bonds is 6. The molecule has 0 amide bonds. The molecule has 3 heterocycles. The first-order chi connectivity index (χ1) is 16.0. The van der Waals surface area contributed by atoms with E-state index in [0.717, 1.165) is 16.7 Å². The molecule has 1 fully saturated rings. The highest BCUT2D eigenvalue weighted by Gasteiger charge is 2.26.